The van der Waals surface area contributed by atoms with Gasteiger partial charge < -0.3 is 11.5 Å². The van der Waals surface area contributed by atoms with Gasteiger partial charge in [0, 0.05) is 22.2 Å². The molecule has 4 N–H and O–H groups in total. The van der Waals surface area contributed by atoms with Crippen LogP contribution >= 0.6 is 15.9 Å². The monoisotopic (exact) mass is 387 g/mol. The largest absolute Gasteiger partial charge is 0.369 e. The first kappa shape index (κ1) is 17.4. The van der Waals surface area contributed by atoms with Gasteiger partial charge in [0.15, 0.2) is 0 Å². The van der Waals surface area contributed by atoms with Crippen molar-refractivity contribution in [3.05, 3.63) is 80.3 Å². The van der Waals surface area contributed by atoms with Gasteiger partial charge in [0.1, 0.15) is 0 Å². The Balaban J connectivity index is 2.38. The molecule has 0 spiro atoms. The lowest BCUT2D eigenvalue weighted by molar-refractivity contribution is -0.384. The molecule has 0 radical (unpaired) electrons. The van der Waals surface area contributed by atoms with E-state index in [1.54, 1.807) is 24.3 Å². The molecule has 0 amide bonds. The Morgan fingerprint density at radius 2 is 1.88 bits per heavy atom. The summed E-state index contributed by atoms with van der Waals surface area (Å²) in [5, 5.41) is 18.5. The summed E-state index contributed by atoms with van der Waals surface area (Å²) >= 11 is 3.39. The smallest absolute Gasteiger partial charge is 0.270 e. The predicted octanol–water partition coefficient (Wildman–Crippen LogP) is 3.05. The van der Waals surface area contributed by atoms with E-state index >= 15 is 0 Å². The minimum Gasteiger partial charge on any atom is -0.369 e. The number of benzene rings is 2. The van der Waals surface area contributed by atoms with Crippen LogP contribution in [0.15, 0.2) is 69.3 Å². The minimum atomic E-state index is -0.444. The summed E-state index contributed by atoms with van der Waals surface area (Å²) in [6, 6.07) is 13.7. The van der Waals surface area contributed by atoms with Gasteiger partial charge in [0.05, 0.1) is 10.6 Å². The SMILES string of the molecule is NC(N)=N/N=C(/C=C/c1cccc([N+](=O)[O-])c1)c1cccc(Br)c1. The zero-order valence-corrected chi connectivity index (χ0v) is 14.1. The van der Waals surface area contributed by atoms with Crippen LogP contribution in [0.3, 0.4) is 0 Å². The average molecular weight is 388 g/mol. The van der Waals surface area contributed by atoms with Crippen LogP contribution in [0.1, 0.15) is 11.1 Å². The predicted molar refractivity (Wildman–Crippen MR) is 98.6 cm³/mol. The topological polar surface area (TPSA) is 120 Å². The highest BCUT2D eigenvalue weighted by Crippen LogP contribution is 2.16. The molecule has 24 heavy (non-hydrogen) atoms. The zero-order valence-electron chi connectivity index (χ0n) is 12.5. The van der Waals surface area contributed by atoms with E-state index in [1.165, 1.54) is 12.1 Å². The zero-order chi connectivity index (χ0) is 17.5. The lowest BCUT2D eigenvalue weighted by atomic mass is 10.1. The second-order valence-corrected chi connectivity index (χ2v) is 5.62. The van der Waals surface area contributed by atoms with E-state index in [4.69, 9.17) is 11.5 Å². The molecule has 0 saturated carbocycles. The van der Waals surface area contributed by atoms with Gasteiger partial charge in [-0.3, -0.25) is 10.1 Å². The fourth-order valence-electron chi connectivity index (χ4n) is 1.86. The van der Waals surface area contributed by atoms with E-state index in [9.17, 15) is 10.1 Å². The summed E-state index contributed by atoms with van der Waals surface area (Å²) in [6.07, 6.45) is 3.39. The van der Waals surface area contributed by atoms with Gasteiger partial charge in [-0.15, -0.1) is 10.2 Å². The number of hydrogen-bond donors (Lipinski definition) is 2. The highest BCUT2D eigenvalue weighted by atomic mass is 79.9. The molecule has 0 aliphatic rings. The second kappa shape index (κ2) is 8.02. The summed E-state index contributed by atoms with van der Waals surface area (Å²) in [7, 11) is 0. The first-order chi connectivity index (χ1) is 11.5. The van der Waals surface area contributed by atoms with Crippen molar-refractivity contribution < 1.29 is 4.92 Å². The van der Waals surface area contributed by atoms with Gasteiger partial charge >= 0.3 is 0 Å². The lowest BCUT2D eigenvalue weighted by Gasteiger charge is -2.01. The molecule has 0 bridgehead atoms. The number of halogens is 1. The maximum absolute atomic E-state index is 10.8. The van der Waals surface area contributed by atoms with Crippen LogP contribution in [-0.2, 0) is 0 Å². The molecule has 0 aromatic heterocycles. The third-order valence-corrected chi connectivity index (χ3v) is 3.40. The molecule has 2 aromatic rings. The van der Waals surface area contributed by atoms with Gasteiger partial charge in [0.25, 0.3) is 5.69 Å². The number of nitro benzene ring substituents is 1. The Morgan fingerprint density at radius 3 is 2.54 bits per heavy atom. The highest BCUT2D eigenvalue weighted by molar-refractivity contribution is 9.10. The van der Waals surface area contributed by atoms with Gasteiger partial charge in [-0.2, -0.15) is 0 Å². The Hall–Kier alpha value is -3.00. The number of non-ortho nitro benzene ring substituents is 1. The summed E-state index contributed by atoms with van der Waals surface area (Å²) in [5.41, 5.74) is 12.6. The molecule has 122 valence electrons. The molecule has 0 unspecified atom stereocenters. The molecule has 8 heteroatoms. The fourth-order valence-corrected chi connectivity index (χ4v) is 2.26. The van der Waals surface area contributed by atoms with Crippen molar-refractivity contribution >= 4 is 39.4 Å². The van der Waals surface area contributed by atoms with E-state index in [-0.39, 0.29) is 11.6 Å². The molecule has 0 saturated heterocycles. The van der Waals surface area contributed by atoms with Gasteiger partial charge in [-0.1, -0.05) is 46.3 Å². The first-order valence-electron chi connectivity index (χ1n) is 6.81. The Labute approximate surface area is 146 Å². The van der Waals surface area contributed by atoms with Crippen molar-refractivity contribution in [1.29, 1.82) is 0 Å². The molecule has 0 heterocycles. The van der Waals surface area contributed by atoms with Crippen LogP contribution in [0.4, 0.5) is 5.69 Å². The third kappa shape index (κ3) is 5.03. The number of nitro groups is 1. The Morgan fingerprint density at radius 1 is 1.12 bits per heavy atom. The molecule has 0 aliphatic carbocycles. The van der Waals surface area contributed by atoms with E-state index in [2.05, 4.69) is 26.1 Å². The van der Waals surface area contributed by atoms with Crippen molar-refractivity contribution in [3.8, 4) is 0 Å². The van der Waals surface area contributed by atoms with Gasteiger partial charge in [0.2, 0.25) is 5.96 Å². The molecule has 7 nitrogen and oxygen atoms in total. The van der Waals surface area contributed by atoms with Gasteiger partial charge in [-0.25, -0.2) is 0 Å². The van der Waals surface area contributed by atoms with Crippen LogP contribution < -0.4 is 11.5 Å². The van der Waals surface area contributed by atoms with E-state index in [0.717, 1.165) is 10.0 Å². The first-order valence-corrected chi connectivity index (χ1v) is 7.60. The van der Waals surface area contributed by atoms with E-state index in [0.29, 0.717) is 11.3 Å². The summed E-state index contributed by atoms with van der Waals surface area (Å²) < 4.78 is 0.876. The van der Waals surface area contributed by atoms with Crippen molar-refractivity contribution in [2.45, 2.75) is 0 Å². The minimum absolute atomic E-state index is 0.0160. The van der Waals surface area contributed by atoms with Crippen LogP contribution in [0.5, 0.6) is 0 Å². The van der Waals surface area contributed by atoms with Crippen LogP contribution in [-0.4, -0.2) is 16.6 Å². The van der Waals surface area contributed by atoms with Gasteiger partial charge in [-0.05, 0) is 23.8 Å². The summed E-state index contributed by atoms with van der Waals surface area (Å²) in [6.45, 7) is 0. The van der Waals surface area contributed by atoms with Crippen LogP contribution in [0.2, 0.25) is 0 Å². The van der Waals surface area contributed by atoms with Crippen molar-refractivity contribution in [2.75, 3.05) is 0 Å². The number of hydrogen-bond acceptors (Lipinski definition) is 4. The molecule has 2 aromatic carbocycles. The standard InChI is InChI=1S/C16H14BrN5O2/c17-13-5-2-4-12(10-13)15(20-21-16(18)19)8-7-11-3-1-6-14(9-11)22(23)24/h1-10H,(H4,18,19,21)/b8-7+,20-15-. The number of rotatable bonds is 5. The number of nitrogens with two attached hydrogens (primary N) is 2. The van der Waals surface area contributed by atoms with Crippen LogP contribution in [0, 0.1) is 10.1 Å². The van der Waals surface area contributed by atoms with E-state index < -0.39 is 4.92 Å². The maximum Gasteiger partial charge on any atom is 0.270 e. The number of nitrogens with zero attached hydrogens (tertiary/aromatic N) is 3. The Bertz CT molecular complexity index is 842. The van der Waals surface area contributed by atoms with Crippen molar-refractivity contribution in [2.24, 2.45) is 21.7 Å². The molecular formula is C16H14BrN5O2. The molecule has 0 fully saturated rings. The molecule has 2 rings (SSSR count). The van der Waals surface area contributed by atoms with Crippen molar-refractivity contribution in [1.82, 2.24) is 0 Å². The Kier molecular flexibility index (Phi) is 5.80. The van der Waals surface area contributed by atoms with Crippen molar-refractivity contribution in [3.63, 3.8) is 0 Å². The highest BCUT2D eigenvalue weighted by Gasteiger charge is 2.05. The average Bonchev–Trinajstić information content (AvgIpc) is 2.55. The second-order valence-electron chi connectivity index (χ2n) is 4.71. The third-order valence-electron chi connectivity index (χ3n) is 2.91. The normalized spacial score (nSPS) is 11.5. The molecule has 0 aliphatic heterocycles. The van der Waals surface area contributed by atoms with E-state index in [1.807, 2.05) is 24.3 Å². The quantitative estimate of drug-likeness (QED) is 0.354. The van der Waals surface area contributed by atoms with Crippen LogP contribution in [0.25, 0.3) is 6.08 Å². The molecular weight excluding hydrogens is 374 g/mol. The summed E-state index contributed by atoms with van der Waals surface area (Å²) in [5.74, 6) is -0.161. The summed E-state index contributed by atoms with van der Waals surface area (Å²) in [4.78, 5) is 10.4. The molecule has 0 atom stereocenters. The number of guanidine groups is 1. The fraction of sp³-hybridized carbons (Fsp3) is 0. The lowest BCUT2D eigenvalue weighted by Crippen LogP contribution is -2.22. The maximum atomic E-state index is 10.8. The number of allylic oxidation sites excluding steroid dienone is 1.